The van der Waals surface area contributed by atoms with Crippen molar-refractivity contribution in [3.8, 4) is 0 Å². The Balaban J connectivity index is 2.61. The molecule has 1 rings (SSSR count). The van der Waals surface area contributed by atoms with E-state index in [2.05, 4.69) is 9.50 Å². The van der Waals surface area contributed by atoms with Gasteiger partial charge in [-0.05, 0) is 12.0 Å². The summed E-state index contributed by atoms with van der Waals surface area (Å²) in [7, 11) is -4.39. The lowest BCUT2D eigenvalue weighted by Crippen LogP contribution is -2.40. The predicted octanol–water partition coefficient (Wildman–Crippen LogP) is 1.42. The summed E-state index contributed by atoms with van der Waals surface area (Å²) in [5, 5.41) is 3.20. The highest BCUT2D eigenvalue weighted by Crippen LogP contribution is 2.05. The lowest BCUT2D eigenvalue weighted by Gasteiger charge is -2.20. The lowest BCUT2D eigenvalue weighted by molar-refractivity contribution is 0.228. The third kappa shape index (κ3) is 6.70. The highest BCUT2D eigenvalue weighted by Gasteiger charge is 2.15. The Hall–Kier alpha value is -0.950. The maximum Gasteiger partial charge on any atom is 0.397 e. The highest BCUT2D eigenvalue weighted by molar-refractivity contribution is 7.80. The summed E-state index contributed by atoms with van der Waals surface area (Å²) in [6.07, 6.45) is 0.633. The second-order valence-corrected chi connectivity index (χ2v) is 5.51. The van der Waals surface area contributed by atoms with Crippen molar-refractivity contribution in [1.82, 2.24) is 5.32 Å². The van der Waals surface area contributed by atoms with E-state index in [-0.39, 0.29) is 18.7 Å². The van der Waals surface area contributed by atoms with Gasteiger partial charge in [0.15, 0.2) is 0 Å². The Kier molecular flexibility index (Phi) is 5.74. The van der Waals surface area contributed by atoms with E-state index in [4.69, 9.17) is 4.55 Å². The molecule has 0 saturated carbocycles. The zero-order valence-electron chi connectivity index (χ0n) is 10.5. The smallest absolute Gasteiger partial charge is 0.309 e. The number of hydrogen-bond acceptors (Lipinski definition) is 4. The first kappa shape index (κ1) is 15.1. The van der Waals surface area contributed by atoms with Gasteiger partial charge < -0.3 is 5.32 Å². The van der Waals surface area contributed by atoms with Crippen LogP contribution in [0.3, 0.4) is 0 Å². The van der Waals surface area contributed by atoms with E-state index in [0.29, 0.717) is 6.42 Å². The van der Waals surface area contributed by atoms with Gasteiger partial charge in [0.2, 0.25) is 0 Å². The van der Waals surface area contributed by atoms with Crippen LogP contribution < -0.4 is 5.32 Å². The van der Waals surface area contributed by atoms with E-state index < -0.39 is 10.4 Å². The summed E-state index contributed by atoms with van der Waals surface area (Å²) in [5.74, 6) is 0. The molecule has 0 unspecified atom stereocenters. The van der Waals surface area contributed by atoms with Gasteiger partial charge in [-0.25, -0.2) is 4.18 Å². The van der Waals surface area contributed by atoms with Crippen LogP contribution in [-0.2, 0) is 21.0 Å². The summed E-state index contributed by atoms with van der Waals surface area (Å²) in [6, 6.07) is 9.71. The highest BCUT2D eigenvalue weighted by atomic mass is 32.3. The first-order valence-electron chi connectivity index (χ1n) is 5.78. The summed E-state index contributed by atoms with van der Waals surface area (Å²) in [4.78, 5) is 0. The topological polar surface area (TPSA) is 75.6 Å². The molecule has 1 atom stereocenters. The molecule has 0 aromatic heterocycles. The summed E-state index contributed by atoms with van der Waals surface area (Å²) >= 11 is 0. The third-order valence-electron chi connectivity index (χ3n) is 2.31. The fraction of sp³-hybridized carbons (Fsp3) is 0.500. The number of benzene rings is 1. The average molecular weight is 273 g/mol. The minimum atomic E-state index is -4.39. The molecule has 0 spiro atoms. The van der Waals surface area contributed by atoms with Crippen molar-refractivity contribution in [2.75, 3.05) is 6.61 Å². The van der Waals surface area contributed by atoms with E-state index >= 15 is 0 Å². The molecular weight excluding hydrogens is 254 g/mol. The minimum Gasteiger partial charge on any atom is -0.309 e. The molecule has 2 N–H and O–H groups in total. The van der Waals surface area contributed by atoms with Crippen molar-refractivity contribution in [3.05, 3.63) is 35.9 Å². The number of rotatable bonds is 7. The van der Waals surface area contributed by atoms with Crippen LogP contribution in [0.5, 0.6) is 0 Å². The maximum atomic E-state index is 10.6. The van der Waals surface area contributed by atoms with Gasteiger partial charge in [0.05, 0.1) is 6.61 Å². The number of nitrogens with one attached hydrogen (secondary N) is 1. The van der Waals surface area contributed by atoms with Gasteiger partial charge >= 0.3 is 10.4 Å². The monoisotopic (exact) mass is 273 g/mol. The van der Waals surface area contributed by atoms with E-state index in [9.17, 15) is 8.42 Å². The molecule has 0 bridgehead atoms. The van der Waals surface area contributed by atoms with Gasteiger partial charge in [-0.3, -0.25) is 4.55 Å². The van der Waals surface area contributed by atoms with Gasteiger partial charge in [0.25, 0.3) is 0 Å². The van der Waals surface area contributed by atoms with E-state index in [0.717, 1.165) is 5.56 Å². The zero-order chi connectivity index (χ0) is 13.6. The predicted molar refractivity (Wildman–Crippen MR) is 69.7 cm³/mol. The molecule has 0 radical (unpaired) electrons. The fourth-order valence-corrected chi connectivity index (χ4v) is 2.04. The van der Waals surface area contributed by atoms with Crippen molar-refractivity contribution in [1.29, 1.82) is 0 Å². The van der Waals surface area contributed by atoms with Crippen LogP contribution >= 0.6 is 0 Å². The maximum absolute atomic E-state index is 10.6. The molecule has 1 aromatic carbocycles. The lowest BCUT2D eigenvalue weighted by atomic mass is 10.1. The van der Waals surface area contributed by atoms with E-state index in [1.165, 1.54) is 0 Å². The molecule has 102 valence electrons. The number of hydrogen-bond donors (Lipinski definition) is 2. The van der Waals surface area contributed by atoms with Crippen LogP contribution in [0, 0.1) is 0 Å². The van der Waals surface area contributed by atoms with E-state index in [1.54, 1.807) is 0 Å². The van der Waals surface area contributed by atoms with Crippen molar-refractivity contribution in [3.63, 3.8) is 0 Å². The van der Waals surface area contributed by atoms with Crippen LogP contribution in [0.15, 0.2) is 30.3 Å². The van der Waals surface area contributed by atoms with Crippen molar-refractivity contribution < 1.29 is 17.2 Å². The molecule has 0 amide bonds. The summed E-state index contributed by atoms with van der Waals surface area (Å²) < 4.78 is 34.2. The normalized spacial score (nSPS) is 13.8. The Morgan fingerprint density at radius 2 is 1.89 bits per heavy atom. The average Bonchev–Trinajstić information content (AvgIpc) is 2.25. The molecule has 6 heteroatoms. The van der Waals surface area contributed by atoms with Gasteiger partial charge in [-0.2, -0.15) is 8.42 Å². The van der Waals surface area contributed by atoms with Crippen LogP contribution in [0.25, 0.3) is 0 Å². The Bertz CT molecular complexity index is 444. The summed E-state index contributed by atoms with van der Waals surface area (Å²) in [5.41, 5.74) is 1.08. The van der Waals surface area contributed by atoms with Crippen molar-refractivity contribution in [2.45, 2.75) is 32.4 Å². The quantitative estimate of drug-likeness (QED) is 0.735. The second kappa shape index (κ2) is 6.84. The van der Waals surface area contributed by atoms with Gasteiger partial charge in [0, 0.05) is 12.1 Å². The van der Waals surface area contributed by atoms with Gasteiger partial charge in [-0.1, -0.05) is 44.2 Å². The molecule has 5 nitrogen and oxygen atoms in total. The Labute approximate surface area is 108 Å². The minimum absolute atomic E-state index is 0.0914. The molecule has 18 heavy (non-hydrogen) atoms. The van der Waals surface area contributed by atoms with Gasteiger partial charge in [-0.15, -0.1) is 0 Å². The van der Waals surface area contributed by atoms with Crippen molar-refractivity contribution >= 4 is 10.4 Å². The molecular formula is C12H19NO4S. The standard InChI is InChI=1S/C12H19NO4S/c1-10(2)13-12(9-17-18(14,15)16)8-11-6-4-3-5-7-11/h3-7,10,12-13H,8-9H2,1-2H3,(H,14,15,16)/t12-/m0/s1. The second-order valence-electron chi connectivity index (χ2n) is 4.42. The largest absolute Gasteiger partial charge is 0.397 e. The third-order valence-corrected chi connectivity index (χ3v) is 2.75. The molecule has 0 aliphatic heterocycles. The van der Waals surface area contributed by atoms with Crippen LogP contribution in [-0.4, -0.2) is 31.7 Å². The SMILES string of the molecule is CC(C)N[C@H](COS(=O)(=O)O)Cc1ccccc1. The Morgan fingerprint density at radius 3 is 2.39 bits per heavy atom. The molecule has 1 aromatic rings. The van der Waals surface area contributed by atoms with Gasteiger partial charge in [0.1, 0.15) is 0 Å². The van der Waals surface area contributed by atoms with E-state index in [1.807, 2.05) is 44.2 Å². The molecule has 0 aliphatic rings. The zero-order valence-corrected chi connectivity index (χ0v) is 11.4. The fourth-order valence-electron chi connectivity index (χ4n) is 1.70. The first-order valence-corrected chi connectivity index (χ1v) is 7.15. The van der Waals surface area contributed by atoms with Crippen LogP contribution in [0.2, 0.25) is 0 Å². The first-order chi connectivity index (χ1) is 8.37. The van der Waals surface area contributed by atoms with Crippen LogP contribution in [0.4, 0.5) is 0 Å². The van der Waals surface area contributed by atoms with Crippen LogP contribution in [0.1, 0.15) is 19.4 Å². The Morgan fingerprint density at radius 1 is 1.28 bits per heavy atom. The molecule has 0 saturated heterocycles. The molecule has 0 heterocycles. The molecule has 0 fully saturated rings. The molecule has 0 aliphatic carbocycles. The van der Waals surface area contributed by atoms with Crippen molar-refractivity contribution in [2.24, 2.45) is 0 Å². The summed E-state index contributed by atoms with van der Waals surface area (Å²) in [6.45, 7) is 3.84.